The van der Waals surface area contributed by atoms with E-state index < -0.39 is 5.91 Å². The molecule has 0 radical (unpaired) electrons. The molecule has 0 saturated carbocycles. The average molecular weight is 431 g/mol. The van der Waals surface area contributed by atoms with Gasteiger partial charge in [0.2, 0.25) is 11.6 Å². The first-order valence-corrected chi connectivity index (χ1v) is 9.90. The number of nitrogens with one attached hydrogen (secondary N) is 2. The summed E-state index contributed by atoms with van der Waals surface area (Å²) in [4.78, 5) is 12.8. The van der Waals surface area contributed by atoms with Gasteiger partial charge in [0.05, 0.1) is 18.5 Å². The van der Waals surface area contributed by atoms with Crippen LogP contribution < -0.4 is 16.5 Å². The maximum atomic E-state index is 12.8. The Morgan fingerprint density at radius 2 is 1.94 bits per heavy atom. The van der Waals surface area contributed by atoms with Crippen LogP contribution in [0.2, 0.25) is 0 Å². The van der Waals surface area contributed by atoms with Crippen molar-refractivity contribution in [1.29, 1.82) is 0 Å². The van der Waals surface area contributed by atoms with E-state index >= 15 is 0 Å². The minimum Gasteiger partial charge on any atom is -0.379 e. The predicted molar refractivity (Wildman–Crippen MR) is 118 cm³/mol. The number of hydrogen-bond acceptors (Lipinski definition) is 9. The molecule has 0 atom stereocenters. The van der Waals surface area contributed by atoms with Gasteiger partial charge in [-0.3, -0.25) is 4.79 Å². The van der Waals surface area contributed by atoms with Crippen LogP contribution in [0.15, 0.2) is 64.3 Å². The van der Waals surface area contributed by atoms with E-state index in [1.54, 1.807) is 6.21 Å². The normalized spacial score (nSPS) is 11.0. The summed E-state index contributed by atoms with van der Waals surface area (Å²) in [7, 11) is 0. The number of aromatic nitrogens is 5. The van der Waals surface area contributed by atoms with Gasteiger partial charge in [0, 0.05) is 5.69 Å². The lowest BCUT2D eigenvalue weighted by atomic mass is 10.1. The largest absolute Gasteiger partial charge is 0.379 e. The van der Waals surface area contributed by atoms with Gasteiger partial charge in [0.15, 0.2) is 5.69 Å². The lowest BCUT2D eigenvalue weighted by molar-refractivity contribution is 0.0949. The molecule has 11 nitrogen and oxygen atoms in total. The molecule has 0 aliphatic rings. The van der Waals surface area contributed by atoms with Gasteiger partial charge in [-0.25, -0.2) is 10.1 Å². The number of nitrogens with two attached hydrogens (primary N) is 1. The van der Waals surface area contributed by atoms with E-state index in [4.69, 9.17) is 5.73 Å². The van der Waals surface area contributed by atoms with Crippen molar-refractivity contribution in [2.24, 2.45) is 5.10 Å². The van der Waals surface area contributed by atoms with E-state index in [1.807, 2.05) is 54.6 Å². The van der Waals surface area contributed by atoms with Crippen molar-refractivity contribution in [3.8, 4) is 5.82 Å². The van der Waals surface area contributed by atoms with Crippen LogP contribution in [0.4, 0.5) is 11.5 Å². The molecule has 4 rings (SSSR count). The Morgan fingerprint density at radius 3 is 2.62 bits per heavy atom. The van der Waals surface area contributed by atoms with Crippen molar-refractivity contribution in [2.45, 2.75) is 19.9 Å². The number of nitrogen functional groups attached to an aromatic ring is 1. The fourth-order valence-electron chi connectivity index (χ4n) is 2.94. The van der Waals surface area contributed by atoms with Crippen molar-refractivity contribution in [1.82, 2.24) is 30.7 Å². The van der Waals surface area contributed by atoms with Crippen LogP contribution in [0, 0.1) is 0 Å². The molecule has 32 heavy (non-hydrogen) atoms. The SMILES string of the molecule is CCc1ccc(/C=N\NC(=O)c2nnn(-c3nonc3N)c2CNc2ccccc2)cc1. The smallest absolute Gasteiger partial charge is 0.293 e. The number of rotatable bonds is 8. The highest BCUT2D eigenvalue weighted by molar-refractivity contribution is 5.94. The second-order valence-electron chi connectivity index (χ2n) is 6.78. The van der Waals surface area contributed by atoms with Crippen molar-refractivity contribution in [2.75, 3.05) is 11.1 Å². The lowest BCUT2D eigenvalue weighted by Gasteiger charge is -2.08. The minimum atomic E-state index is -0.530. The molecule has 4 aromatic rings. The third kappa shape index (κ3) is 4.61. The van der Waals surface area contributed by atoms with Crippen LogP contribution in [0.5, 0.6) is 0 Å². The second kappa shape index (κ2) is 9.51. The summed E-state index contributed by atoms with van der Waals surface area (Å²) in [6.07, 6.45) is 2.51. The Bertz CT molecular complexity index is 1210. The van der Waals surface area contributed by atoms with Crippen LogP contribution in [0.1, 0.15) is 34.2 Å². The van der Waals surface area contributed by atoms with Crippen LogP contribution in [-0.2, 0) is 13.0 Å². The summed E-state index contributed by atoms with van der Waals surface area (Å²) in [5.41, 5.74) is 11.7. The first kappa shape index (κ1) is 20.7. The highest BCUT2D eigenvalue weighted by Gasteiger charge is 2.23. The molecule has 2 aromatic carbocycles. The third-order valence-electron chi connectivity index (χ3n) is 4.68. The topological polar surface area (TPSA) is 149 Å². The van der Waals surface area contributed by atoms with Crippen LogP contribution in [0.3, 0.4) is 0 Å². The number of amides is 1. The number of nitrogens with zero attached hydrogens (tertiary/aromatic N) is 6. The maximum absolute atomic E-state index is 12.8. The van der Waals surface area contributed by atoms with Crippen molar-refractivity contribution < 1.29 is 9.42 Å². The van der Waals surface area contributed by atoms with Crippen LogP contribution >= 0.6 is 0 Å². The van der Waals surface area contributed by atoms with E-state index in [-0.39, 0.29) is 23.9 Å². The standard InChI is InChI=1S/C21H21N9O2/c1-2-14-8-10-15(11-9-14)12-24-26-21(31)18-17(13-23-16-6-4-3-5-7-16)30(29-25-18)20-19(22)27-32-28-20/h3-12,23H,2,13H2,1H3,(H2,22,27)(H,26,31)/b24-12-. The van der Waals surface area contributed by atoms with Crippen molar-refractivity contribution >= 4 is 23.6 Å². The summed E-state index contributed by atoms with van der Waals surface area (Å²) >= 11 is 0. The number of anilines is 2. The molecular weight excluding hydrogens is 410 g/mol. The summed E-state index contributed by atoms with van der Waals surface area (Å²) < 4.78 is 5.97. The fraction of sp³-hybridized carbons (Fsp3) is 0.143. The molecule has 0 unspecified atom stereocenters. The predicted octanol–water partition coefficient (Wildman–Crippen LogP) is 2.17. The fourth-order valence-corrected chi connectivity index (χ4v) is 2.94. The molecule has 1 amide bonds. The highest BCUT2D eigenvalue weighted by atomic mass is 16.6. The van der Waals surface area contributed by atoms with Gasteiger partial charge in [0.1, 0.15) is 0 Å². The zero-order valence-electron chi connectivity index (χ0n) is 17.3. The van der Waals surface area contributed by atoms with E-state index in [1.165, 1.54) is 10.2 Å². The molecule has 162 valence electrons. The van der Waals surface area contributed by atoms with Gasteiger partial charge in [-0.05, 0) is 40.0 Å². The molecule has 0 aliphatic carbocycles. The van der Waals surface area contributed by atoms with E-state index in [0.29, 0.717) is 5.69 Å². The van der Waals surface area contributed by atoms with Crippen molar-refractivity contribution in [3.63, 3.8) is 0 Å². The van der Waals surface area contributed by atoms with Gasteiger partial charge < -0.3 is 11.1 Å². The molecule has 11 heteroatoms. The Kier molecular flexibility index (Phi) is 6.16. The van der Waals surface area contributed by atoms with Crippen LogP contribution in [-0.4, -0.2) is 37.4 Å². The van der Waals surface area contributed by atoms with E-state index in [9.17, 15) is 4.79 Å². The Morgan fingerprint density at radius 1 is 1.16 bits per heavy atom. The maximum Gasteiger partial charge on any atom is 0.293 e. The minimum absolute atomic E-state index is 0.0244. The average Bonchev–Trinajstić information content (AvgIpc) is 3.44. The zero-order valence-corrected chi connectivity index (χ0v) is 17.3. The number of benzene rings is 2. The second-order valence-corrected chi connectivity index (χ2v) is 6.78. The molecule has 0 bridgehead atoms. The van der Waals surface area contributed by atoms with E-state index in [2.05, 4.69) is 48.0 Å². The number of hydrogen-bond donors (Lipinski definition) is 3. The zero-order chi connectivity index (χ0) is 22.3. The first-order chi connectivity index (χ1) is 15.7. The number of para-hydroxylation sites is 1. The molecule has 0 spiro atoms. The molecule has 4 N–H and O–H groups in total. The molecule has 0 aliphatic heterocycles. The Balaban J connectivity index is 1.55. The molecule has 0 saturated heterocycles. The molecule has 2 aromatic heterocycles. The quantitative estimate of drug-likeness (QED) is 0.284. The monoisotopic (exact) mass is 431 g/mol. The van der Waals surface area contributed by atoms with Gasteiger partial charge in [-0.2, -0.15) is 9.78 Å². The van der Waals surface area contributed by atoms with Gasteiger partial charge in [0.25, 0.3) is 5.91 Å². The number of carbonyl (C=O) groups excluding carboxylic acids is 1. The number of hydrazone groups is 1. The van der Waals surface area contributed by atoms with Crippen molar-refractivity contribution in [3.05, 3.63) is 77.1 Å². The van der Waals surface area contributed by atoms with E-state index in [0.717, 1.165) is 17.7 Å². The van der Waals surface area contributed by atoms with Gasteiger partial charge in [-0.1, -0.05) is 54.6 Å². The molecule has 2 heterocycles. The highest BCUT2D eigenvalue weighted by Crippen LogP contribution is 2.17. The summed E-state index contributed by atoms with van der Waals surface area (Å²) in [5.74, 6) is -0.366. The first-order valence-electron chi connectivity index (χ1n) is 9.90. The van der Waals surface area contributed by atoms with Crippen LogP contribution in [0.25, 0.3) is 5.82 Å². The lowest BCUT2D eigenvalue weighted by Crippen LogP contribution is -2.21. The van der Waals surface area contributed by atoms with Gasteiger partial charge >= 0.3 is 0 Å². The third-order valence-corrected chi connectivity index (χ3v) is 4.68. The Labute approximate surface area is 183 Å². The Hall–Kier alpha value is -4.54. The van der Waals surface area contributed by atoms with Gasteiger partial charge in [-0.15, -0.1) is 5.10 Å². The molecular formula is C21H21N9O2. The molecule has 0 fully saturated rings. The number of carbonyl (C=O) groups is 1. The number of aryl methyl sites for hydroxylation is 1. The summed E-state index contributed by atoms with van der Waals surface area (Å²) in [5, 5.41) is 22.6. The summed E-state index contributed by atoms with van der Waals surface area (Å²) in [6, 6.07) is 17.4. The summed E-state index contributed by atoms with van der Waals surface area (Å²) in [6.45, 7) is 2.30.